The molecule has 0 atom stereocenters. The molecule has 3 N–H and O–H groups in total. The number of H-pyrrole nitrogens is 1. The van der Waals surface area contributed by atoms with E-state index in [2.05, 4.69) is 19.9 Å². The van der Waals surface area contributed by atoms with Crippen LogP contribution >= 0.6 is 11.8 Å². The first kappa shape index (κ1) is 9.07. The number of ether oxygens (including phenoxy) is 1. The predicted molar refractivity (Wildman–Crippen MR) is 54.4 cm³/mol. The molecule has 0 aliphatic rings. The summed E-state index contributed by atoms with van der Waals surface area (Å²) in [6, 6.07) is 0.388. The van der Waals surface area contributed by atoms with Crippen LogP contribution in [0.4, 0.5) is 5.82 Å². The van der Waals surface area contributed by atoms with E-state index in [9.17, 15) is 0 Å². The largest absolute Gasteiger partial charge is 0.468 e. The Bertz CT molecular complexity index is 468. The number of thioether (sulfide) groups is 1. The summed E-state index contributed by atoms with van der Waals surface area (Å²) in [5.41, 5.74) is 6.85. The van der Waals surface area contributed by atoms with Crippen LogP contribution in [0.2, 0.25) is 0 Å². The summed E-state index contributed by atoms with van der Waals surface area (Å²) < 4.78 is 4.93. The predicted octanol–water partition coefficient (Wildman–Crippen LogP) is 0.666. The maximum absolute atomic E-state index is 5.71. The van der Waals surface area contributed by atoms with E-state index in [0.717, 1.165) is 0 Å². The lowest BCUT2D eigenvalue weighted by Gasteiger charge is -1.96. The third-order valence-corrected chi connectivity index (χ3v) is 2.26. The summed E-state index contributed by atoms with van der Waals surface area (Å²) in [5, 5.41) is 0.601. The number of aromatic nitrogens is 4. The summed E-state index contributed by atoms with van der Waals surface area (Å²) in [5.74, 6) is 0.384. The summed E-state index contributed by atoms with van der Waals surface area (Å²) in [6.07, 6.45) is 1.88. The van der Waals surface area contributed by atoms with Crippen molar-refractivity contribution in [3.05, 3.63) is 0 Å². The lowest BCUT2D eigenvalue weighted by molar-refractivity contribution is 0.386. The number of fused-ring (bicyclic) bond motifs is 1. The van der Waals surface area contributed by atoms with Crippen molar-refractivity contribution in [2.75, 3.05) is 19.1 Å². The minimum Gasteiger partial charge on any atom is -0.468 e. The maximum atomic E-state index is 5.71. The molecule has 0 bridgehead atoms. The molecule has 2 aromatic heterocycles. The van der Waals surface area contributed by atoms with Crippen molar-refractivity contribution in [3.63, 3.8) is 0 Å². The van der Waals surface area contributed by atoms with E-state index in [1.165, 1.54) is 18.9 Å². The van der Waals surface area contributed by atoms with Crippen LogP contribution in [-0.4, -0.2) is 33.3 Å². The van der Waals surface area contributed by atoms with E-state index in [1.54, 1.807) is 0 Å². The van der Waals surface area contributed by atoms with E-state index >= 15 is 0 Å². The van der Waals surface area contributed by atoms with E-state index in [-0.39, 0.29) is 0 Å². The zero-order chi connectivity index (χ0) is 10.1. The molecule has 0 spiro atoms. The van der Waals surface area contributed by atoms with Gasteiger partial charge in [-0.2, -0.15) is 4.98 Å². The molecule has 2 rings (SSSR count). The number of nitrogen functional groups attached to an aromatic ring is 1. The molecule has 0 saturated carbocycles. The van der Waals surface area contributed by atoms with Gasteiger partial charge in [-0.3, -0.25) is 0 Å². The van der Waals surface area contributed by atoms with Crippen LogP contribution in [0.15, 0.2) is 5.16 Å². The Morgan fingerprint density at radius 2 is 2.14 bits per heavy atom. The van der Waals surface area contributed by atoms with Crippen LogP contribution in [0.1, 0.15) is 0 Å². The number of anilines is 1. The molecule has 0 radical (unpaired) electrons. The van der Waals surface area contributed by atoms with Gasteiger partial charge in [-0.25, -0.2) is 9.97 Å². The summed E-state index contributed by atoms with van der Waals surface area (Å²) in [7, 11) is 1.52. The van der Waals surface area contributed by atoms with E-state index in [0.29, 0.717) is 28.1 Å². The second-order valence-electron chi connectivity index (χ2n) is 2.54. The highest BCUT2D eigenvalue weighted by Crippen LogP contribution is 2.21. The Kier molecular flexibility index (Phi) is 2.16. The molecule has 6 nitrogen and oxygen atoms in total. The van der Waals surface area contributed by atoms with Crippen molar-refractivity contribution in [2.45, 2.75) is 5.16 Å². The SMILES string of the molecule is COc1nc2nc(SC)nc(N)c2[nH]1. The van der Waals surface area contributed by atoms with Gasteiger partial charge in [0.25, 0.3) is 6.01 Å². The van der Waals surface area contributed by atoms with E-state index in [1.807, 2.05) is 6.26 Å². The van der Waals surface area contributed by atoms with Gasteiger partial charge in [-0.15, -0.1) is 0 Å². The Labute approximate surface area is 84.3 Å². The van der Waals surface area contributed by atoms with Crippen LogP contribution in [0.5, 0.6) is 6.01 Å². The summed E-state index contributed by atoms with van der Waals surface area (Å²) >= 11 is 1.42. The van der Waals surface area contributed by atoms with Crippen LogP contribution < -0.4 is 10.5 Å². The lowest BCUT2D eigenvalue weighted by Crippen LogP contribution is -1.95. The summed E-state index contributed by atoms with van der Waals surface area (Å²) in [4.78, 5) is 15.2. The first-order valence-electron chi connectivity index (χ1n) is 3.86. The van der Waals surface area contributed by atoms with Crippen molar-refractivity contribution in [2.24, 2.45) is 0 Å². The monoisotopic (exact) mass is 211 g/mol. The molecule has 7 heteroatoms. The van der Waals surface area contributed by atoms with Crippen LogP contribution in [0, 0.1) is 0 Å². The number of aromatic amines is 1. The molecular formula is C7H9N5OS. The van der Waals surface area contributed by atoms with Gasteiger partial charge >= 0.3 is 0 Å². The molecule has 0 unspecified atom stereocenters. The number of nitrogens with two attached hydrogens (primary N) is 1. The molecule has 0 amide bonds. The van der Waals surface area contributed by atoms with Crippen molar-refractivity contribution in [1.82, 2.24) is 19.9 Å². The van der Waals surface area contributed by atoms with Crippen LogP contribution in [-0.2, 0) is 0 Å². The standard InChI is InChI=1S/C7H9N5OS/c1-13-6-9-3-4(8)10-7(14-2)12-5(3)11-6/h1-2H3,(H3,8,9,10,11,12). The molecule has 2 heterocycles. The molecule has 14 heavy (non-hydrogen) atoms. The minimum atomic E-state index is 0.384. The molecule has 0 fully saturated rings. The van der Waals surface area contributed by atoms with Crippen molar-refractivity contribution in [1.29, 1.82) is 0 Å². The van der Waals surface area contributed by atoms with E-state index in [4.69, 9.17) is 10.5 Å². The third-order valence-electron chi connectivity index (χ3n) is 1.71. The van der Waals surface area contributed by atoms with Gasteiger partial charge in [0.15, 0.2) is 16.6 Å². The fourth-order valence-corrected chi connectivity index (χ4v) is 1.43. The van der Waals surface area contributed by atoms with Gasteiger partial charge in [-0.1, -0.05) is 11.8 Å². The molecule has 0 aliphatic heterocycles. The first-order chi connectivity index (χ1) is 6.74. The normalized spacial score (nSPS) is 10.7. The number of hydrogen-bond acceptors (Lipinski definition) is 6. The van der Waals surface area contributed by atoms with Crippen molar-refractivity contribution >= 4 is 28.7 Å². The number of nitrogens with one attached hydrogen (secondary N) is 1. The van der Waals surface area contributed by atoms with Crippen molar-refractivity contribution in [3.8, 4) is 6.01 Å². The number of nitrogens with zero attached hydrogens (tertiary/aromatic N) is 3. The first-order valence-corrected chi connectivity index (χ1v) is 5.08. The van der Waals surface area contributed by atoms with Gasteiger partial charge in [0.1, 0.15) is 5.52 Å². The topological polar surface area (TPSA) is 89.7 Å². The Morgan fingerprint density at radius 3 is 2.79 bits per heavy atom. The second-order valence-corrected chi connectivity index (χ2v) is 3.31. The Balaban J connectivity index is 2.67. The maximum Gasteiger partial charge on any atom is 0.295 e. The van der Waals surface area contributed by atoms with Crippen LogP contribution in [0.25, 0.3) is 11.2 Å². The fourth-order valence-electron chi connectivity index (χ4n) is 1.06. The van der Waals surface area contributed by atoms with Gasteiger partial charge in [0.05, 0.1) is 7.11 Å². The quantitative estimate of drug-likeness (QED) is 0.560. The highest BCUT2D eigenvalue weighted by atomic mass is 32.2. The average Bonchev–Trinajstić information content (AvgIpc) is 2.61. The Hall–Kier alpha value is -1.50. The molecule has 74 valence electrons. The second kappa shape index (κ2) is 3.33. The molecule has 2 aromatic rings. The highest BCUT2D eigenvalue weighted by Gasteiger charge is 2.09. The summed E-state index contributed by atoms with van der Waals surface area (Å²) in [6.45, 7) is 0. The van der Waals surface area contributed by atoms with Crippen molar-refractivity contribution < 1.29 is 4.74 Å². The van der Waals surface area contributed by atoms with Crippen LogP contribution in [0.3, 0.4) is 0 Å². The number of rotatable bonds is 2. The Morgan fingerprint density at radius 1 is 1.36 bits per heavy atom. The molecule has 0 aromatic carbocycles. The smallest absolute Gasteiger partial charge is 0.295 e. The van der Waals surface area contributed by atoms with Gasteiger partial charge in [0.2, 0.25) is 0 Å². The minimum absolute atomic E-state index is 0.384. The molecule has 0 saturated heterocycles. The van der Waals surface area contributed by atoms with E-state index < -0.39 is 0 Å². The fraction of sp³-hybridized carbons (Fsp3) is 0.286. The van der Waals surface area contributed by atoms with Gasteiger partial charge in [0, 0.05) is 0 Å². The lowest BCUT2D eigenvalue weighted by atomic mass is 10.5. The number of methoxy groups -OCH3 is 1. The zero-order valence-electron chi connectivity index (χ0n) is 7.74. The average molecular weight is 211 g/mol. The number of imidazole rings is 1. The highest BCUT2D eigenvalue weighted by molar-refractivity contribution is 7.98. The van der Waals surface area contributed by atoms with Gasteiger partial charge < -0.3 is 15.5 Å². The third kappa shape index (κ3) is 1.35. The zero-order valence-corrected chi connectivity index (χ0v) is 8.55. The van der Waals surface area contributed by atoms with Gasteiger partial charge in [-0.05, 0) is 6.26 Å². The number of hydrogen-bond donors (Lipinski definition) is 2. The molecule has 0 aliphatic carbocycles. The molecular weight excluding hydrogens is 202 g/mol.